The maximum Gasteiger partial charge on any atom is 0.0499 e. The Bertz CT molecular complexity index is 57.9. The molecule has 0 atom stereocenters. The summed E-state index contributed by atoms with van der Waals surface area (Å²) in [6, 6.07) is 0. The van der Waals surface area contributed by atoms with E-state index < -0.39 is 0 Å². The van der Waals surface area contributed by atoms with Crippen LogP contribution in [0.15, 0.2) is 0 Å². The second-order valence-electron chi connectivity index (χ2n) is 2.53. The van der Waals surface area contributed by atoms with Gasteiger partial charge in [0.05, 0.1) is 0 Å². The zero-order valence-electron chi connectivity index (χ0n) is 6.68. The Morgan fingerprint density at radius 3 is 1.67 bits per heavy atom. The zero-order valence-corrected chi connectivity index (χ0v) is 8.31. The molecule has 0 aliphatic rings. The van der Waals surface area contributed by atoms with Crippen LogP contribution >= 0.6 is 23.5 Å². The average molecular weight is 164 g/mol. The summed E-state index contributed by atoms with van der Waals surface area (Å²) in [7, 11) is 0. The van der Waals surface area contributed by atoms with Crippen molar-refractivity contribution in [3.8, 4) is 0 Å². The van der Waals surface area contributed by atoms with Gasteiger partial charge in [-0.05, 0) is 24.9 Å². The van der Waals surface area contributed by atoms with Gasteiger partial charge in [0, 0.05) is 4.58 Å². The van der Waals surface area contributed by atoms with Crippen molar-refractivity contribution in [2.45, 2.75) is 24.9 Å². The lowest BCUT2D eigenvalue weighted by Crippen LogP contribution is -2.00. The topological polar surface area (TPSA) is 0 Å². The van der Waals surface area contributed by atoms with Gasteiger partial charge in [-0.25, -0.2) is 0 Å². The Kier molecular flexibility index (Phi) is 5.91. The van der Waals surface area contributed by atoms with E-state index in [-0.39, 0.29) is 0 Å². The first-order chi connectivity index (χ1) is 4.20. The molecular weight excluding hydrogens is 148 g/mol. The molecular formula is C7H16S2. The third-order valence-corrected chi connectivity index (χ3v) is 3.78. The normalized spacial score (nSPS) is 11.3. The van der Waals surface area contributed by atoms with Gasteiger partial charge < -0.3 is 0 Å². The van der Waals surface area contributed by atoms with E-state index in [0.717, 1.165) is 10.5 Å². The first kappa shape index (κ1) is 9.70. The fourth-order valence-electron chi connectivity index (χ4n) is 0.674. The van der Waals surface area contributed by atoms with Crippen LogP contribution in [-0.4, -0.2) is 17.1 Å². The summed E-state index contributed by atoms with van der Waals surface area (Å²) in [6.07, 6.45) is 5.70. The van der Waals surface area contributed by atoms with E-state index in [9.17, 15) is 0 Å². The van der Waals surface area contributed by atoms with E-state index in [1.807, 2.05) is 23.5 Å². The number of rotatable bonds is 4. The van der Waals surface area contributed by atoms with Crippen molar-refractivity contribution in [1.82, 2.24) is 0 Å². The molecule has 0 rings (SSSR count). The van der Waals surface area contributed by atoms with E-state index in [4.69, 9.17) is 0 Å². The first-order valence-corrected chi connectivity index (χ1v) is 5.83. The molecule has 0 heterocycles. The van der Waals surface area contributed by atoms with Crippen LogP contribution in [-0.2, 0) is 0 Å². The van der Waals surface area contributed by atoms with Crippen molar-refractivity contribution in [1.29, 1.82) is 0 Å². The number of thioether (sulfide) groups is 2. The predicted molar refractivity (Wildman–Crippen MR) is 50.3 cm³/mol. The monoisotopic (exact) mass is 164 g/mol. The molecule has 0 aromatic rings. The summed E-state index contributed by atoms with van der Waals surface area (Å²) in [6.45, 7) is 4.55. The molecule has 0 fully saturated rings. The summed E-state index contributed by atoms with van der Waals surface area (Å²) < 4.78 is 0.810. The first-order valence-electron chi connectivity index (χ1n) is 3.26. The van der Waals surface area contributed by atoms with Gasteiger partial charge in [-0.3, -0.25) is 0 Å². The van der Waals surface area contributed by atoms with Gasteiger partial charge in [0.2, 0.25) is 0 Å². The highest BCUT2D eigenvalue weighted by atomic mass is 32.2. The molecule has 0 aliphatic heterocycles. The molecule has 0 amide bonds. The molecule has 0 N–H and O–H groups in total. The minimum absolute atomic E-state index is 0.810. The smallest absolute Gasteiger partial charge is 0.0499 e. The van der Waals surface area contributed by atoms with Gasteiger partial charge in [0.15, 0.2) is 0 Å². The lowest BCUT2D eigenvalue weighted by molar-refractivity contribution is 0.620. The van der Waals surface area contributed by atoms with Crippen LogP contribution in [0.3, 0.4) is 0 Å². The third-order valence-electron chi connectivity index (χ3n) is 1.19. The molecule has 0 aromatic carbocycles. The Labute approximate surface area is 67.2 Å². The lowest BCUT2D eigenvalue weighted by Gasteiger charge is -2.12. The Hall–Kier alpha value is 0.700. The van der Waals surface area contributed by atoms with Gasteiger partial charge in [0.25, 0.3) is 0 Å². The molecule has 0 spiro atoms. The fraction of sp³-hybridized carbons (Fsp3) is 1.00. The van der Waals surface area contributed by atoms with Crippen LogP contribution in [0.4, 0.5) is 0 Å². The summed E-state index contributed by atoms with van der Waals surface area (Å²) in [4.78, 5) is 0. The molecule has 0 aromatic heterocycles. The SMILES string of the molecule is CSC(CC(C)C)SC. The van der Waals surface area contributed by atoms with Crippen LogP contribution in [0.1, 0.15) is 20.3 Å². The molecule has 0 unspecified atom stereocenters. The summed E-state index contributed by atoms with van der Waals surface area (Å²) in [5, 5.41) is 0. The van der Waals surface area contributed by atoms with Gasteiger partial charge in [0.1, 0.15) is 0 Å². The molecule has 56 valence electrons. The highest BCUT2D eigenvalue weighted by Gasteiger charge is 2.05. The van der Waals surface area contributed by atoms with E-state index in [2.05, 4.69) is 26.4 Å². The van der Waals surface area contributed by atoms with Crippen molar-refractivity contribution < 1.29 is 0 Å². The van der Waals surface area contributed by atoms with E-state index >= 15 is 0 Å². The Morgan fingerprint density at radius 1 is 1.11 bits per heavy atom. The van der Waals surface area contributed by atoms with Gasteiger partial charge >= 0.3 is 0 Å². The standard InChI is InChI=1S/C7H16S2/c1-6(2)5-7(8-3)9-4/h6-7H,5H2,1-4H3. The molecule has 0 radical (unpaired) electrons. The van der Waals surface area contributed by atoms with Crippen molar-refractivity contribution in [3.63, 3.8) is 0 Å². The fourth-order valence-corrected chi connectivity index (χ4v) is 2.60. The molecule has 0 aliphatic carbocycles. The largest absolute Gasteiger partial charge is 0.151 e. The van der Waals surface area contributed by atoms with E-state index in [0.29, 0.717) is 0 Å². The summed E-state index contributed by atoms with van der Waals surface area (Å²) in [5.41, 5.74) is 0. The second-order valence-corrected chi connectivity index (χ2v) is 4.91. The molecule has 2 heteroatoms. The van der Waals surface area contributed by atoms with E-state index in [1.54, 1.807) is 0 Å². The third kappa shape index (κ3) is 5.16. The molecule has 0 nitrogen and oxygen atoms in total. The van der Waals surface area contributed by atoms with Crippen molar-refractivity contribution in [2.24, 2.45) is 5.92 Å². The summed E-state index contributed by atoms with van der Waals surface area (Å²) in [5.74, 6) is 0.842. The minimum Gasteiger partial charge on any atom is -0.151 e. The number of hydrogen-bond donors (Lipinski definition) is 0. The quantitative estimate of drug-likeness (QED) is 0.586. The average Bonchev–Trinajstić information content (AvgIpc) is 1.82. The van der Waals surface area contributed by atoms with Gasteiger partial charge in [-0.15, -0.1) is 0 Å². The molecule has 9 heavy (non-hydrogen) atoms. The van der Waals surface area contributed by atoms with Gasteiger partial charge in [-0.1, -0.05) is 13.8 Å². The zero-order chi connectivity index (χ0) is 7.28. The second kappa shape index (κ2) is 5.48. The predicted octanol–water partition coefficient (Wildman–Crippen LogP) is 3.08. The lowest BCUT2D eigenvalue weighted by atomic mass is 10.2. The highest BCUT2D eigenvalue weighted by Crippen LogP contribution is 2.25. The van der Waals surface area contributed by atoms with Crippen LogP contribution < -0.4 is 0 Å². The van der Waals surface area contributed by atoms with Crippen molar-refractivity contribution in [3.05, 3.63) is 0 Å². The number of hydrogen-bond acceptors (Lipinski definition) is 2. The van der Waals surface area contributed by atoms with Crippen LogP contribution in [0.25, 0.3) is 0 Å². The Morgan fingerprint density at radius 2 is 1.56 bits per heavy atom. The van der Waals surface area contributed by atoms with Crippen LogP contribution in [0, 0.1) is 5.92 Å². The maximum absolute atomic E-state index is 2.28. The van der Waals surface area contributed by atoms with Crippen molar-refractivity contribution in [2.75, 3.05) is 12.5 Å². The van der Waals surface area contributed by atoms with E-state index in [1.165, 1.54) is 6.42 Å². The minimum atomic E-state index is 0.810. The van der Waals surface area contributed by atoms with Gasteiger partial charge in [-0.2, -0.15) is 23.5 Å². The molecule has 0 bridgehead atoms. The maximum atomic E-state index is 2.28. The summed E-state index contributed by atoms with van der Waals surface area (Å²) >= 11 is 3.92. The van der Waals surface area contributed by atoms with Crippen molar-refractivity contribution >= 4 is 23.5 Å². The highest BCUT2D eigenvalue weighted by molar-refractivity contribution is 8.16. The van der Waals surface area contributed by atoms with Crippen LogP contribution in [0.5, 0.6) is 0 Å². The molecule has 0 saturated carbocycles. The molecule has 0 saturated heterocycles. The Balaban J connectivity index is 3.31. The van der Waals surface area contributed by atoms with Crippen LogP contribution in [0.2, 0.25) is 0 Å².